The van der Waals surface area contributed by atoms with Crippen LogP contribution in [0.4, 0.5) is 0 Å². The van der Waals surface area contributed by atoms with Crippen LogP contribution in [0.15, 0.2) is 29.3 Å². The maximum Gasteiger partial charge on any atom is 0.193 e. The summed E-state index contributed by atoms with van der Waals surface area (Å²) in [5.41, 5.74) is 2.73. The maximum atomic E-state index is 5.46. The van der Waals surface area contributed by atoms with Crippen molar-refractivity contribution in [3.05, 3.63) is 35.4 Å². The molecule has 0 radical (unpaired) electrons. The van der Waals surface area contributed by atoms with Crippen molar-refractivity contribution in [3.63, 3.8) is 0 Å². The van der Waals surface area contributed by atoms with Crippen LogP contribution in [-0.2, 0) is 11.2 Å². The molecule has 4 nitrogen and oxygen atoms in total. The van der Waals surface area contributed by atoms with Crippen LogP contribution in [0.25, 0.3) is 0 Å². The number of nitrogens with zero attached hydrogens (tertiary/aromatic N) is 2. The molecule has 1 atom stereocenters. The molecule has 1 fully saturated rings. The lowest BCUT2D eigenvalue weighted by Gasteiger charge is -2.24. The van der Waals surface area contributed by atoms with Gasteiger partial charge in [-0.2, -0.15) is 0 Å². The van der Waals surface area contributed by atoms with Crippen LogP contribution >= 0.6 is 24.0 Å². The third kappa shape index (κ3) is 6.67. The van der Waals surface area contributed by atoms with Crippen molar-refractivity contribution in [2.45, 2.75) is 26.7 Å². The van der Waals surface area contributed by atoms with Crippen molar-refractivity contribution < 1.29 is 4.74 Å². The lowest BCUT2D eigenvalue weighted by molar-refractivity contribution is 0.181. The zero-order valence-corrected chi connectivity index (χ0v) is 16.9. The fourth-order valence-corrected chi connectivity index (χ4v) is 2.84. The van der Waals surface area contributed by atoms with Gasteiger partial charge in [-0.1, -0.05) is 24.3 Å². The van der Waals surface area contributed by atoms with Crippen molar-refractivity contribution in [2.75, 3.05) is 39.9 Å². The molecule has 1 aliphatic rings. The van der Waals surface area contributed by atoms with Crippen LogP contribution < -0.4 is 5.32 Å². The maximum absolute atomic E-state index is 5.46. The zero-order chi connectivity index (χ0) is 15.8. The van der Waals surface area contributed by atoms with Crippen molar-refractivity contribution in [3.8, 4) is 0 Å². The molecule has 1 saturated heterocycles. The first kappa shape index (κ1) is 20.2. The van der Waals surface area contributed by atoms with E-state index in [0.29, 0.717) is 5.92 Å². The molecular weight excluding hydrogens is 401 g/mol. The Bertz CT molecular complexity index is 487. The molecule has 1 unspecified atom stereocenters. The summed E-state index contributed by atoms with van der Waals surface area (Å²) in [4.78, 5) is 7.02. The Hall–Kier alpha value is -0.820. The molecule has 0 bridgehead atoms. The van der Waals surface area contributed by atoms with E-state index >= 15 is 0 Å². The van der Waals surface area contributed by atoms with E-state index < -0.39 is 0 Å². The monoisotopic (exact) mass is 431 g/mol. The Balaban J connectivity index is 0.00000264. The van der Waals surface area contributed by atoms with E-state index in [1.165, 1.54) is 11.1 Å². The van der Waals surface area contributed by atoms with Crippen LogP contribution in [0.3, 0.4) is 0 Å². The van der Waals surface area contributed by atoms with Crippen LogP contribution in [-0.4, -0.2) is 50.8 Å². The molecular formula is C18H30IN3O. The minimum Gasteiger partial charge on any atom is -0.381 e. The molecule has 0 saturated carbocycles. The predicted octanol–water partition coefficient (Wildman–Crippen LogP) is 3.09. The highest BCUT2D eigenvalue weighted by atomic mass is 127. The largest absolute Gasteiger partial charge is 0.381 e. The lowest BCUT2D eigenvalue weighted by atomic mass is 10.1. The molecule has 2 rings (SSSR count). The first-order chi connectivity index (χ1) is 10.7. The van der Waals surface area contributed by atoms with Gasteiger partial charge in [-0.25, -0.2) is 0 Å². The second-order valence-corrected chi connectivity index (χ2v) is 6.02. The van der Waals surface area contributed by atoms with Gasteiger partial charge in [-0.05, 0) is 37.8 Å². The van der Waals surface area contributed by atoms with E-state index in [0.717, 1.165) is 51.6 Å². The van der Waals surface area contributed by atoms with E-state index in [1.807, 2.05) is 0 Å². The summed E-state index contributed by atoms with van der Waals surface area (Å²) in [5.74, 6) is 1.63. The molecule has 0 aromatic heterocycles. The second-order valence-electron chi connectivity index (χ2n) is 6.02. The summed E-state index contributed by atoms with van der Waals surface area (Å²) in [7, 11) is 2.12. The molecule has 23 heavy (non-hydrogen) atoms. The fraction of sp³-hybridized carbons (Fsp3) is 0.611. The molecule has 1 aromatic carbocycles. The van der Waals surface area contributed by atoms with E-state index in [2.05, 4.69) is 55.4 Å². The highest BCUT2D eigenvalue weighted by Crippen LogP contribution is 2.13. The number of halogens is 1. The summed E-state index contributed by atoms with van der Waals surface area (Å²) < 4.78 is 5.46. The Morgan fingerprint density at radius 3 is 2.83 bits per heavy atom. The van der Waals surface area contributed by atoms with Crippen molar-refractivity contribution in [1.82, 2.24) is 10.2 Å². The lowest BCUT2D eigenvalue weighted by Crippen LogP contribution is -2.41. The third-order valence-electron chi connectivity index (χ3n) is 4.16. The van der Waals surface area contributed by atoms with Gasteiger partial charge >= 0.3 is 0 Å². The minimum absolute atomic E-state index is 0. The summed E-state index contributed by atoms with van der Waals surface area (Å²) >= 11 is 0. The Labute approximate surface area is 157 Å². The number of nitrogens with one attached hydrogen (secondary N) is 1. The minimum atomic E-state index is 0. The van der Waals surface area contributed by atoms with E-state index in [1.54, 1.807) is 0 Å². The molecule has 1 aliphatic heterocycles. The topological polar surface area (TPSA) is 36.9 Å². The molecule has 0 amide bonds. The van der Waals surface area contributed by atoms with Gasteiger partial charge < -0.3 is 15.0 Å². The zero-order valence-electron chi connectivity index (χ0n) is 14.5. The van der Waals surface area contributed by atoms with Crippen molar-refractivity contribution >= 4 is 29.9 Å². The molecule has 130 valence electrons. The highest BCUT2D eigenvalue weighted by molar-refractivity contribution is 14.0. The summed E-state index contributed by atoms with van der Waals surface area (Å²) in [6.07, 6.45) is 2.15. The first-order valence-corrected chi connectivity index (χ1v) is 8.32. The molecule has 1 heterocycles. The smallest absolute Gasteiger partial charge is 0.193 e. The van der Waals surface area contributed by atoms with Gasteiger partial charge in [-0.3, -0.25) is 4.99 Å². The second kappa shape index (κ2) is 10.9. The van der Waals surface area contributed by atoms with Gasteiger partial charge in [-0.15, -0.1) is 24.0 Å². The summed E-state index contributed by atoms with van der Waals surface area (Å²) in [6.45, 7) is 8.79. The fourth-order valence-electron chi connectivity index (χ4n) is 2.84. The number of ether oxygens (including phenoxy) is 1. The van der Waals surface area contributed by atoms with Crippen LogP contribution in [0.2, 0.25) is 0 Å². The molecule has 1 N–H and O–H groups in total. The number of rotatable bonds is 6. The Morgan fingerprint density at radius 2 is 2.17 bits per heavy atom. The standard InChI is InChI=1S/C18H29N3O.HI/c1-4-19-18(21(3)13-16-10-12-22-14-16)20-11-9-17-8-6-5-7-15(17)2;/h5-8,16H,4,9-14H2,1-3H3,(H,19,20);1H. The first-order valence-electron chi connectivity index (χ1n) is 8.32. The third-order valence-corrected chi connectivity index (χ3v) is 4.16. The normalized spacial score (nSPS) is 17.7. The van der Waals surface area contributed by atoms with E-state index in [4.69, 9.17) is 9.73 Å². The van der Waals surface area contributed by atoms with Gasteiger partial charge in [0.15, 0.2) is 5.96 Å². The van der Waals surface area contributed by atoms with Gasteiger partial charge in [0.05, 0.1) is 6.61 Å². The van der Waals surface area contributed by atoms with Crippen molar-refractivity contribution in [1.29, 1.82) is 0 Å². The average Bonchev–Trinajstić information content (AvgIpc) is 3.01. The van der Waals surface area contributed by atoms with E-state index in [-0.39, 0.29) is 24.0 Å². The van der Waals surface area contributed by atoms with Gasteiger partial charge in [0, 0.05) is 39.2 Å². The summed E-state index contributed by atoms with van der Waals surface area (Å²) in [6, 6.07) is 8.54. The van der Waals surface area contributed by atoms with Crippen LogP contribution in [0.1, 0.15) is 24.5 Å². The van der Waals surface area contributed by atoms with E-state index in [9.17, 15) is 0 Å². The molecule has 0 spiro atoms. The summed E-state index contributed by atoms with van der Waals surface area (Å²) in [5, 5.41) is 3.39. The Morgan fingerprint density at radius 1 is 1.39 bits per heavy atom. The number of aliphatic imine (C=N–C) groups is 1. The predicted molar refractivity (Wildman–Crippen MR) is 108 cm³/mol. The van der Waals surface area contributed by atoms with Gasteiger partial charge in [0.25, 0.3) is 0 Å². The molecule has 0 aliphatic carbocycles. The number of hydrogen-bond donors (Lipinski definition) is 1. The highest BCUT2D eigenvalue weighted by Gasteiger charge is 2.18. The van der Waals surface area contributed by atoms with Crippen molar-refractivity contribution in [2.24, 2.45) is 10.9 Å². The SMILES string of the molecule is CCNC(=NCCc1ccccc1C)N(C)CC1CCOC1.I. The average molecular weight is 431 g/mol. The number of aryl methyl sites for hydroxylation is 1. The quantitative estimate of drug-likeness (QED) is 0.427. The van der Waals surface area contributed by atoms with Gasteiger partial charge in [0.1, 0.15) is 0 Å². The van der Waals surface area contributed by atoms with Gasteiger partial charge in [0.2, 0.25) is 0 Å². The molecule has 5 heteroatoms. The van der Waals surface area contributed by atoms with Crippen LogP contribution in [0.5, 0.6) is 0 Å². The molecule has 1 aromatic rings. The number of hydrogen-bond acceptors (Lipinski definition) is 2. The number of guanidine groups is 1. The van der Waals surface area contributed by atoms with Crippen LogP contribution in [0, 0.1) is 12.8 Å². The number of benzene rings is 1. The Kier molecular flexibility index (Phi) is 9.55.